The van der Waals surface area contributed by atoms with Crippen LogP contribution in [0.3, 0.4) is 0 Å². The van der Waals surface area contributed by atoms with Gasteiger partial charge in [-0.3, -0.25) is 14.4 Å². The van der Waals surface area contributed by atoms with Gasteiger partial charge in [0.1, 0.15) is 13.2 Å². The molecule has 0 fully saturated rings. The van der Waals surface area contributed by atoms with Crippen LogP contribution in [0.1, 0.15) is 329 Å². The topological polar surface area (TPSA) is 78.9 Å². The normalized spacial score (nSPS) is 12.5. The molecule has 0 saturated carbocycles. The average molecular weight is 1050 g/mol. The Labute approximate surface area is 465 Å². The van der Waals surface area contributed by atoms with Crippen LogP contribution in [-0.2, 0) is 28.6 Å². The van der Waals surface area contributed by atoms with Gasteiger partial charge < -0.3 is 14.2 Å². The van der Waals surface area contributed by atoms with Gasteiger partial charge in [-0.25, -0.2) is 0 Å². The average Bonchev–Trinajstić information content (AvgIpc) is 3.41. The lowest BCUT2D eigenvalue weighted by Crippen LogP contribution is -2.30. The van der Waals surface area contributed by atoms with Gasteiger partial charge in [-0.05, 0) is 70.6 Å². The van der Waals surface area contributed by atoms with Crippen molar-refractivity contribution in [1.29, 1.82) is 0 Å². The predicted octanol–water partition coefficient (Wildman–Crippen LogP) is 22.1. The van der Waals surface area contributed by atoms with Crippen molar-refractivity contribution in [3.8, 4) is 0 Å². The minimum absolute atomic E-state index is 0.0685. The molecule has 434 valence electrons. The zero-order valence-corrected chi connectivity index (χ0v) is 49.8. The smallest absolute Gasteiger partial charge is 0.306 e. The molecular weight excluding hydrogens is 925 g/mol. The van der Waals surface area contributed by atoms with Crippen molar-refractivity contribution >= 4 is 17.9 Å². The predicted molar refractivity (Wildman–Crippen MR) is 325 cm³/mol. The number of rotatable bonds is 59. The second-order valence-corrected chi connectivity index (χ2v) is 21.7. The maximum Gasteiger partial charge on any atom is 0.306 e. The molecule has 0 aromatic rings. The summed E-state index contributed by atoms with van der Waals surface area (Å²) >= 11 is 0. The fourth-order valence-corrected chi connectivity index (χ4v) is 9.39. The maximum absolute atomic E-state index is 12.8. The summed E-state index contributed by atoms with van der Waals surface area (Å²) in [6.45, 7) is 6.53. The maximum atomic E-state index is 12.8. The summed E-state index contributed by atoms with van der Waals surface area (Å²) in [5.74, 6) is -0.856. The van der Waals surface area contributed by atoms with Crippen LogP contribution in [0, 0.1) is 0 Å². The van der Waals surface area contributed by atoms with Gasteiger partial charge >= 0.3 is 17.9 Å². The van der Waals surface area contributed by atoms with Crippen LogP contribution >= 0.6 is 0 Å². The first-order chi connectivity index (χ1) is 37.0. The molecule has 0 saturated heterocycles. The summed E-state index contributed by atoms with van der Waals surface area (Å²) < 4.78 is 16.8. The Bertz CT molecular complexity index is 1390. The van der Waals surface area contributed by atoms with Crippen molar-refractivity contribution in [2.24, 2.45) is 0 Å². The van der Waals surface area contributed by atoms with Gasteiger partial charge in [0.25, 0.3) is 0 Å². The second kappa shape index (κ2) is 63.4. The molecule has 0 radical (unpaired) electrons. The van der Waals surface area contributed by atoms with Crippen LogP contribution in [0.25, 0.3) is 0 Å². The molecule has 0 spiro atoms. The van der Waals surface area contributed by atoms with Gasteiger partial charge in [-0.1, -0.05) is 312 Å². The van der Waals surface area contributed by atoms with Crippen molar-refractivity contribution in [1.82, 2.24) is 0 Å². The molecule has 0 bridgehead atoms. The van der Waals surface area contributed by atoms with E-state index in [2.05, 4.69) is 93.7 Å². The third-order valence-electron chi connectivity index (χ3n) is 14.2. The molecule has 0 aromatic carbocycles. The fraction of sp³-hybridized carbons (Fsp3) is 0.783. The molecule has 0 aliphatic heterocycles. The van der Waals surface area contributed by atoms with Gasteiger partial charge in [-0.15, -0.1) is 0 Å². The van der Waals surface area contributed by atoms with E-state index in [1.807, 2.05) is 0 Å². The van der Waals surface area contributed by atoms with E-state index >= 15 is 0 Å². The fourth-order valence-electron chi connectivity index (χ4n) is 9.39. The molecule has 0 aromatic heterocycles. The highest BCUT2D eigenvalue weighted by atomic mass is 16.6. The number of carbonyl (C=O) groups is 3. The minimum atomic E-state index is -0.767. The third kappa shape index (κ3) is 61.6. The van der Waals surface area contributed by atoms with Gasteiger partial charge in [0.05, 0.1) is 0 Å². The third-order valence-corrected chi connectivity index (χ3v) is 14.2. The number of hydrogen-bond donors (Lipinski definition) is 0. The summed E-state index contributed by atoms with van der Waals surface area (Å²) in [5.41, 5.74) is 0. The van der Waals surface area contributed by atoms with Gasteiger partial charge in [0, 0.05) is 19.3 Å². The van der Waals surface area contributed by atoms with Crippen LogP contribution in [0.15, 0.2) is 72.9 Å². The van der Waals surface area contributed by atoms with E-state index in [1.165, 1.54) is 193 Å². The molecule has 0 aliphatic carbocycles. The zero-order valence-electron chi connectivity index (χ0n) is 49.8. The highest BCUT2D eigenvalue weighted by molar-refractivity contribution is 5.71. The molecule has 6 heteroatoms. The number of unbranched alkanes of at least 4 members (excludes halogenated alkanes) is 36. The standard InChI is InChI=1S/C69H122O6/c1-4-7-10-13-16-19-21-23-25-26-27-28-29-30-31-32-33-34-35-36-37-38-39-40-41-42-43-44-45-47-48-50-53-56-59-62-68(71)74-65-66(64-73-67(70)61-58-55-52-18-15-12-9-6-3)75-69(72)63-60-57-54-51-49-46-24-22-20-17-14-11-8-5-2/h7,10,16,19,23,25,27-28,30-31,33-34,66H,4-6,8-9,11-15,17-18,20-22,24,26,29,32,35-65H2,1-3H3/b10-7-,19-16-,25-23-,28-27-,31-30-,34-33-. The van der Waals surface area contributed by atoms with Crippen molar-refractivity contribution < 1.29 is 28.6 Å². The Morgan fingerprint density at radius 3 is 0.813 bits per heavy atom. The van der Waals surface area contributed by atoms with E-state index in [0.29, 0.717) is 19.3 Å². The Kier molecular flexibility index (Phi) is 60.7. The van der Waals surface area contributed by atoms with Crippen LogP contribution in [0.5, 0.6) is 0 Å². The van der Waals surface area contributed by atoms with Crippen molar-refractivity contribution in [3.63, 3.8) is 0 Å². The molecule has 75 heavy (non-hydrogen) atoms. The van der Waals surface area contributed by atoms with E-state index in [1.54, 1.807) is 0 Å². The lowest BCUT2D eigenvalue weighted by Gasteiger charge is -2.18. The lowest BCUT2D eigenvalue weighted by molar-refractivity contribution is -0.167. The highest BCUT2D eigenvalue weighted by Gasteiger charge is 2.19. The quantitative estimate of drug-likeness (QED) is 0.0261. The van der Waals surface area contributed by atoms with Crippen molar-refractivity contribution in [2.45, 2.75) is 335 Å². The van der Waals surface area contributed by atoms with E-state index in [9.17, 15) is 14.4 Å². The van der Waals surface area contributed by atoms with Crippen LogP contribution in [0.4, 0.5) is 0 Å². The molecule has 0 heterocycles. The lowest BCUT2D eigenvalue weighted by atomic mass is 10.0. The van der Waals surface area contributed by atoms with Crippen LogP contribution < -0.4 is 0 Å². The Balaban J connectivity index is 4.00. The van der Waals surface area contributed by atoms with Crippen LogP contribution in [-0.4, -0.2) is 37.2 Å². The molecule has 0 N–H and O–H groups in total. The van der Waals surface area contributed by atoms with Gasteiger partial charge in [-0.2, -0.15) is 0 Å². The summed E-state index contributed by atoms with van der Waals surface area (Å²) in [6.07, 6.45) is 82.3. The molecule has 0 amide bonds. The molecule has 0 rings (SSSR count). The second-order valence-electron chi connectivity index (χ2n) is 21.7. The van der Waals surface area contributed by atoms with Crippen LogP contribution in [0.2, 0.25) is 0 Å². The Hall–Kier alpha value is -3.15. The zero-order chi connectivity index (χ0) is 54.3. The van der Waals surface area contributed by atoms with Gasteiger partial charge in [0.2, 0.25) is 0 Å². The van der Waals surface area contributed by atoms with Gasteiger partial charge in [0.15, 0.2) is 6.10 Å². The SMILES string of the molecule is CC/C=C\C/C=C\C/C=C\C/C=C\C/C=C\C/C=C\CCCCCCCCCCCCCCCCCCC(=O)OCC(COC(=O)CCCCCCCCCC)OC(=O)CCCCCCCCCCCCCCCC. The monoisotopic (exact) mass is 1050 g/mol. The number of hydrogen-bond acceptors (Lipinski definition) is 6. The largest absolute Gasteiger partial charge is 0.462 e. The van der Waals surface area contributed by atoms with Crippen molar-refractivity contribution in [3.05, 3.63) is 72.9 Å². The van der Waals surface area contributed by atoms with E-state index in [-0.39, 0.29) is 31.1 Å². The Morgan fingerprint density at radius 1 is 0.280 bits per heavy atom. The first kappa shape index (κ1) is 71.8. The van der Waals surface area contributed by atoms with E-state index in [0.717, 1.165) is 96.3 Å². The molecule has 1 unspecified atom stereocenters. The number of esters is 3. The summed E-state index contributed by atoms with van der Waals surface area (Å²) in [5, 5.41) is 0. The molecule has 0 aliphatic rings. The summed E-state index contributed by atoms with van der Waals surface area (Å²) in [4.78, 5) is 38.0. The molecule has 6 nitrogen and oxygen atoms in total. The van der Waals surface area contributed by atoms with Crippen molar-refractivity contribution in [2.75, 3.05) is 13.2 Å². The number of allylic oxidation sites excluding steroid dienone is 12. The summed E-state index contributed by atoms with van der Waals surface area (Å²) in [7, 11) is 0. The van der Waals surface area contributed by atoms with E-state index in [4.69, 9.17) is 14.2 Å². The first-order valence-electron chi connectivity index (χ1n) is 32.4. The van der Waals surface area contributed by atoms with E-state index < -0.39 is 6.10 Å². The molecule has 1 atom stereocenters. The minimum Gasteiger partial charge on any atom is -0.462 e. The Morgan fingerprint density at radius 2 is 0.520 bits per heavy atom. The number of carbonyl (C=O) groups excluding carboxylic acids is 3. The first-order valence-corrected chi connectivity index (χ1v) is 32.4. The summed E-state index contributed by atoms with van der Waals surface area (Å²) in [6, 6.07) is 0. The highest BCUT2D eigenvalue weighted by Crippen LogP contribution is 2.17. The number of ether oxygens (including phenoxy) is 3. The molecular formula is C69H122O6.